The van der Waals surface area contributed by atoms with E-state index in [0.29, 0.717) is 25.2 Å². The molecule has 2 aromatic rings. The average Bonchev–Trinajstić information content (AvgIpc) is 3.18. The van der Waals surface area contributed by atoms with Gasteiger partial charge in [0.25, 0.3) is 5.91 Å². The van der Waals surface area contributed by atoms with Crippen molar-refractivity contribution in [2.45, 2.75) is 31.6 Å². The zero-order valence-electron chi connectivity index (χ0n) is 17.2. The summed E-state index contributed by atoms with van der Waals surface area (Å²) in [5.41, 5.74) is -0.00972. The monoisotopic (exact) mass is 424 g/mol. The Morgan fingerprint density at radius 3 is 2.60 bits per heavy atom. The van der Waals surface area contributed by atoms with Gasteiger partial charge in [-0.2, -0.15) is 13.2 Å². The summed E-state index contributed by atoms with van der Waals surface area (Å²) in [6.07, 6.45) is -1.23. The Labute approximate surface area is 173 Å². The third kappa shape index (κ3) is 5.79. The number of rotatable bonds is 7. The van der Waals surface area contributed by atoms with E-state index in [-0.39, 0.29) is 24.2 Å². The number of amides is 1. The maximum absolute atomic E-state index is 13.2. The fourth-order valence-corrected chi connectivity index (χ4v) is 3.56. The van der Waals surface area contributed by atoms with E-state index in [0.717, 1.165) is 25.5 Å². The average molecular weight is 424 g/mol. The lowest BCUT2D eigenvalue weighted by atomic mass is 10.0. The van der Waals surface area contributed by atoms with E-state index in [1.54, 1.807) is 16.9 Å². The van der Waals surface area contributed by atoms with Crippen molar-refractivity contribution in [2.24, 2.45) is 0 Å². The van der Waals surface area contributed by atoms with E-state index >= 15 is 0 Å². The smallest absolute Gasteiger partial charge is 0.349 e. The maximum atomic E-state index is 13.2. The van der Waals surface area contributed by atoms with E-state index in [4.69, 9.17) is 0 Å². The predicted octanol–water partition coefficient (Wildman–Crippen LogP) is 2.43. The summed E-state index contributed by atoms with van der Waals surface area (Å²) < 4.78 is 41.3. The molecule has 7 nitrogen and oxygen atoms in total. The van der Waals surface area contributed by atoms with Crippen molar-refractivity contribution >= 4 is 5.91 Å². The molecule has 30 heavy (non-hydrogen) atoms. The molecule has 0 spiro atoms. The summed E-state index contributed by atoms with van der Waals surface area (Å²) in [6, 6.07) is 5.79. The SMILES string of the molecule is CN(C)CCNC(=O)c1cn(C2CCN(Cc3ccccc3C(F)(F)F)CC2)nn1. The Morgan fingerprint density at radius 2 is 1.93 bits per heavy atom. The lowest BCUT2D eigenvalue weighted by Gasteiger charge is -2.32. The van der Waals surface area contributed by atoms with Crippen LogP contribution in [0.3, 0.4) is 0 Å². The Kier molecular flexibility index (Phi) is 7.09. The number of hydrogen-bond donors (Lipinski definition) is 1. The molecule has 164 valence electrons. The first-order valence-corrected chi connectivity index (χ1v) is 9.96. The van der Waals surface area contributed by atoms with Crippen LogP contribution in [0.1, 0.15) is 40.5 Å². The fraction of sp³-hybridized carbons (Fsp3) is 0.550. The van der Waals surface area contributed by atoms with Crippen LogP contribution >= 0.6 is 0 Å². The molecule has 0 saturated carbocycles. The highest BCUT2D eigenvalue weighted by atomic mass is 19.4. The van der Waals surface area contributed by atoms with Crippen molar-refractivity contribution in [3.63, 3.8) is 0 Å². The number of hydrogen-bond acceptors (Lipinski definition) is 5. The van der Waals surface area contributed by atoms with Gasteiger partial charge in [-0.25, -0.2) is 4.68 Å². The van der Waals surface area contributed by atoms with Gasteiger partial charge in [-0.05, 0) is 38.6 Å². The molecule has 1 aliphatic heterocycles. The summed E-state index contributed by atoms with van der Waals surface area (Å²) in [7, 11) is 3.85. The minimum atomic E-state index is -4.35. The molecule has 1 saturated heterocycles. The number of nitrogens with zero attached hydrogens (tertiary/aromatic N) is 5. The molecule has 1 aromatic carbocycles. The summed E-state index contributed by atoms with van der Waals surface area (Å²) in [4.78, 5) is 16.1. The van der Waals surface area contributed by atoms with Gasteiger partial charge in [0.1, 0.15) is 0 Å². The Morgan fingerprint density at radius 1 is 1.23 bits per heavy atom. The number of benzene rings is 1. The third-order valence-corrected chi connectivity index (χ3v) is 5.24. The van der Waals surface area contributed by atoms with Gasteiger partial charge in [-0.15, -0.1) is 5.10 Å². The van der Waals surface area contributed by atoms with Gasteiger partial charge in [-0.3, -0.25) is 9.69 Å². The Balaban J connectivity index is 1.53. The predicted molar refractivity (Wildman–Crippen MR) is 106 cm³/mol. The molecule has 0 radical (unpaired) electrons. The van der Waals surface area contributed by atoms with Gasteiger partial charge in [0.15, 0.2) is 5.69 Å². The zero-order valence-corrected chi connectivity index (χ0v) is 17.2. The molecule has 1 N–H and O–H groups in total. The van der Waals surface area contributed by atoms with Crippen molar-refractivity contribution in [1.29, 1.82) is 0 Å². The topological polar surface area (TPSA) is 66.3 Å². The molecule has 1 fully saturated rings. The minimum Gasteiger partial charge on any atom is -0.349 e. The van der Waals surface area contributed by atoms with Gasteiger partial charge >= 0.3 is 6.18 Å². The van der Waals surface area contributed by atoms with E-state index < -0.39 is 11.7 Å². The Hall–Kier alpha value is -2.46. The second-order valence-corrected chi connectivity index (χ2v) is 7.81. The van der Waals surface area contributed by atoms with Crippen LogP contribution in [-0.4, -0.2) is 71.0 Å². The molecule has 1 amide bonds. The van der Waals surface area contributed by atoms with Gasteiger partial charge in [-0.1, -0.05) is 23.4 Å². The van der Waals surface area contributed by atoms with E-state index in [1.165, 1.54) is 12.1 Å². The van der Waals surface area contributed by atoms with Crippen LogP contribution in [0.2, 0.25) is 0 Å². The van der Waals surface area contributed by atoms with Crippen molar-refractivity contribution in [3.05, 3.63) is 47.3 Å². The number of alkyl halides is 3. The van der Waals surface area contributed by atoms with Crippen LogP contribution in [0.15, 0.2) is 30.5 Å². The highest BCUT2D eigenvalue weighted by molar-refractivity contribution is 5.91. The molecule has 0 aliphatic carbocycles. The number of likely N-dealkylation sites (tertiary alicyclic amines) is 1. The highest BCUT2D eigenvalue weighted by Gasteiger charge is 2.33. The normalized spacial score (nSPS) is 16.2. The summed E-state index contributed by atoms with van der Waals surface area (Å²) in [5, 5.41) is 10.9. The van der Waals surface area contributed by atoms with Crippen LogP contribution in [0.4, 0.5) is 13.2 Å². The molecular formula is C20H27F3N6O. The van der Waals surface area contributed by atoms with E-state index in [9.17, 15) is 18.0 Å². The molecule has 0 unspecified atom stereocenters. The number of nitrogens with one attached hydrogen (secondary N) is 1. The molecule has 2 heterocycles. The van der Waals surface area contributed by atoms with Crippen LogP contribution in [-0.2, 0) is 12.7 Å². The molecule has 0 bridgehead atoms. The van der Waals surface area contributed by atoms with Gasteiger partial charge in [0.2, 0.25) is 0 Å². The lowest BCUT2D eigenvalue weighted by Crippen LogP contribution is -2.35. The number of piperidine rings is 1. The summed E-state index contributed by atoms with van der Waals surface area (Å²) in [6.45, 7) is 2.83. The van der Waals surface area contributed by atoms with Gasteiger partial charge in [0.05, 0.1) is 17.8 Å². The van der Waals surface area contributed by atoms with Crippen molar-refractivity contribution in [1.82, 2.24) is 30.1 Å². The van der Waals surface area contributed by atoms with Crippen molar-refractivity contribution in [2.75, 3.05) is 40.3 Å². The van der Waals surface area contributed by atoms with Crippen LogP contribution in [0.25, 0.3) is 0 Å². The number of halogens is 3. The molecule has 1 aliphatic rings. The van der Waals surface area contributed by atoms with Gasteiger partial charge in [0, 0.05) is 32.7 Å². The van der Waals surface area contributed by atoms with Crippen LogP contribution < -0.4 is 5.32 Å². The molecule has 3 rings (SSSR count). The molecular weight excluding hydrogens is 397 g/mol. The van der Waals surface area contributed by atoms with Crippen molar-refractivity contribution < 1.29 is 18.0 Å². The Bertz CT molecular complexity index is 843. The first-order chi connectivity index (χ1) is 14.2. The molecule has 10 heteroatoms. The first-order valence-electron chi connectivity index (χ1n) is 9.96. The van der Waals surface area contributed by atoms with Crippen LogP contribution in [0, 0.1) is 0 Å². The second-order valence-electron chi connectivity index (χ2n) is 7.81. The maximum Gasteiger partial charge on any atom is 0.416 e. The third-order valence-electron chi connectivity index (χ3n) is 5.24. The zero-order chi connectivity index (χ0) is 21.7. The van der Waals surface area contributed by atoms with Crippen molar-refractivity contribution in [3.8, 4) is 0 Å². The number of carbonyl (C=O) groups is 1. The molecule has 0 atom stereocenters. The van der Waals surface area contributed by atoms with Crippen LogP contribution in [0.5, 0.6) is 0 Å². The standard InChI is InChI=1S/C20H27F3N6O/c1-27(2)12-9-24-19(30)18-14-29(26-25-18)16-7-10-28(11-8-16)13-15-5-3-4-6-17(15)20(21,22)23/h3-6,14,16H,7-13H2,1-2H3,(H,24,30). The summed E-state index contributed by atoms with van der Waals surface area (Å²) >= 11 is 0. The van der Waals surface area contributed by atoms with Gasteiger partial charge < -0.3 is 10.2 Å². The number of likely N-dealkylation sites (N-methyl/N-ethyl adjacent to an activating group) is 1. The molecule has 1 aromatic heterocycles. The fourth-order valence-electron chi connectivity index (χ4n) is 3.56. The summed E-state index contributed by atoms with van der Waals surface area (Å²) in [5.74, 6) is -0.260. The first kappa shape index (κ1) is 22.2. The minimum absolute atomic E-state index is 0.0786. The second kappa shape index (κ2) is 9.57. The largest absolute Gasteiger partial charge is 0.416 e. The number of aromatic nitrogens is 3. The lowest BCUT2D eigenvalue weighted by molar-refractivity contribution is -0.138. The van der Waals surface area contributed by atoms with E-state index in [1.807, 2.05) is 23.9 Å². The quantitative estimate of drug-likeness (QED) is 0.740. The highest BCUT2D eigenvalue weighted by Crippen LogP contribution is 2.33. The number of carbonyl (C=O) groups excluding carboxylic acids is 1. The van der Waals surface area contributed by atoms with E-state index in [2.05, 4.69) is 15.6 Å².